The van der Waals surface area contributed by atoms with E-state index in [2.05, 4.69) is 10.4 Å². The lowest BCUT2D eigenvalue weighted by molar-refractivity contribution is 0.0311. The van der Waals surface area contributed by atoms with E-state index >= 15 is 0 Å². The number of thioether (sulfide) groups is 1. The van der Waals surface area contributed by atoms with Crippen molar-refractivity contribution in [2.75, 3.05) is 18.1 Å². The zero-order valence-electron chi connectivity index (χ0n) is 12.4. The maximum Gasteiger partial charge on any atom is 0.255 e. The minimum Gasteiger partial charge on any atom is -0.388 e. The van der Waals surface area contributed by atoms with Gasteiger partial charge < -0.3 is 10.4 Å². The number of aryl methyl sites for hydroxylation is 1. The van der Waals surface area contributed by atoms with Crippen molar-refractivity contribution < 1.29 is 9.90 Å². The molecule has 0 saturated carbocycles. The van der Waals surface area contributed by atoms with Crippen LogP contribution >= 0.6 is 23.1 Å². The second-order valence-electron chi connectivity index (χ2n) is 5.56. The van der Waals surface area contributed by atoms with E-state index in [1.165, 1.54) is 0 Å². The van der Waals surface area contributed by atoms with E-state index in [1.807, 2.05) is 29.3 Å². The molecular formula is C15H19N3O2S2. The SMILES string of the molecule is Cn1cc(C(=O)NCC2(O)CCSCC2)c(-c2cccs2)n1. The van der Waals surface area contributed by atoms with Crippen LogP contribution in [0, 0.1) is 0 Å². The molecule has 2 aromatic heterocycles. The highest BCUT2D eigenvalue weighted by atomic mass is 32.2. The van der Waals surface area contributed by atoms with Crippen LogP contribution in [0.4, 0.5) is 0 Å². The highest BCUT2D eigenvalue weighted by Crippen LogP contribution is 2.28. The van der Waals surface area contributed by atoms with Crippen molar-refractivity contribution in [3.05, 3.63) is 29.3 Å². The van der Waals surface area contributed by atoms with Crippen LogP contribution in [0.2, 0.25) is 0 Å². The van der Waals surface area contributed by atoms with Crippen molar-refractivity contribution >= 4 is 29.0 Å². The number of nitrogens with one attached hydrogen (secondary N) is 1. The first kappa shape index (κ1) is 15.6. The largest absolute Gasteiger partial charge is 0.388 e. The van der Waals surface area contributed by atoms with E-state index in [4.69, 9.17) is 0 Å². The summed E-state index contributed by atoms with van der Waals surface area (Å²) in [5.74, 6) is 1.71. The summed E-state index contributed by atoms with van der Waals surface area (Å²) in [4.78, 5) is 13.5. The first-order valence-corrected chi connectivity index (χ1v) is 9.27. The minimum absolute atomic E-state index is 0.178. The van der Waals surface area contributed by atoms with Gasteiger partial charge in [-0.15, -0.1) is 11.3 Å². The van der Waals surface area contributed by atoms with Gasteiger partial charge in [0.2, 0.25) is 0 Å². The molecule has 3 heterocycles. The van der Waals surface area contributed by atoms with Gasteiger partial charge in [0.1, 0.15) is 5.69 Å². The Morgan fingerprint density at radius 2 is 2.27 bits per heavy atom. The van der Waals surface area contributed by atoms with Gasteiger partial charge in [-0.1, -0.05) is 6.07 Å². The molecule has 1 amide bonds. The van der Waals surface area contributed by atoms with Crippen molar-refractivity contribution in [1.82, 2.24) is 15.1 Å². The molecule has 2 N–H and O–H groups in total. The van der Waals surface area contributed by atoms with Crippen molar-refractivity contribution in [2.24, 2.45) is 7.05 Å². The molecule has 1 aliphatic rings. The Bertz CT molecular complexity index is 646. The van der Waals surface area contributed by atoms with Crippen molar-refractivity contribution in [1.29, 1.82) is 0 Å². The molecule has 0 spiro atoms. The van der Waals surface area contributed by atoms with Gasteiger partial charge in [-0.05, 0) is 35.8 Å². The summed E-state index contributed by atoms with van der Waals surface area (Å²) in [6.45, 7) is 0.297. The predicted molar refractivity (Wildman–Crippen MR) is 90.4 cm³/mol. The first-order chi connectivity index (χ1) is 10.6. The smallest absolute Gasteiger partial charge is 0.255 e. The molecule has 0 bridgehead atoms. The molecule has 1 saturated heterocycles. The van der Waals surface area contributed by atoms with Crippen molar-refractivity contribution in [3.8, 4) is 10.6 Å². The van der Waals surface area contributed by atoms with Gasteiger partial charge in [0, 0.05) is 19.8 Å². The molecule has 118 valence electrons. The molecule has 1 aliphatic heterocycles. The van der Waals surface area contributed by atoms with Crippen LogP contribution in [-0.4, -0.2) is 44.4 Å². The molecule has 5 nitrogen and oxygen atoms in total. The maximum atomic E-state index is 12.5. The van der Waals surface area contributed by atoms with E-state index in [0.717, 1.165) is 29.2 Å². The Labute approximate surface area is 137 Å². The van der Waals surface area contributed by atoms with E-state index < -0.39 is 5.60 Å². The number of aromatic nitrogens is 2. The first-order valence-electron chi connectivity index (χ1n) is 7.23. The molecule has 0 atom stereocenters. The predicted octanol–water partition coefficient (Wildman–Crippen LogP) is 2.14. The number of carbonyl (C=O) groups excluding carboxylic acids is 1. The standard InChI is InChI=1S/C15H19N3O2S2/c1-18-9-11(13(17-18)12-3-2-6-22-12)14(19)16-10-15(20)4-7-21-8-5-15/h2-3,6,9,20H,4-5,7-8,10H2,1H3,(H,16,19). The zero-order valence-corrected chi connectivity index (χ0v) is 14.0. The molecule has 7 heteroatoms. The number of aliphatic hydroxyl groups is 1. The Kier molecular flexibility index (Phi) is 4.56. The van der Waals surface area contributed by atoms with Gasteiger partial charge in [0.25, 0.3) is 5.91 Å². The summed E-state index contributed by atoms with van der Waals surface area (Å²) in [6, 6.07) is 3.90. The quantitative estimate of drug-likeness (QED) is 0.897. The third-order valence-corrected chi connectivity index (χ3v) is 5.69. The molecule has 1 fully saturated rings. The van der Waals surface area contributed by atoms with Crippen molar-refractivity contribution in [3.63, 3.8) is 0 Å². The fourth-order valence-electron chi connectivity index (χ4n) is 2.52. The second kappa shape index (κ2) is 6.44. The Balaban J connectivity index is 1.73. The zero-order chi connectivity index (χ0) is 15.6. The van der Waals surface area contributed by atoms with Gasteiger partial charge in [-0.3, -0.25) is 9.48 Å². The molecule has 0 aliphatic carbocycles. The minimum atomic E-state index is -0.772. The lowest BCUT2D eigenvalue weighted by Crippen LogP contribution is -2.45. The van der Waals surface area contributed by atoms with E-state index in [1.54, 1.807) is 29.3 Å². The summed E-state index contributed by atoms with van der Waals surface area (Å²) in [5.41, 5.74) is 0.478. The number of hydrogen-bond donors (Lipinski definition) is 2. The number of thiophene rings is 1. The third kappa shape index (κ3) is 3.37. The van der Waals surface area contributed by atoms with E-state index in [-0.39, 0.29) is 5.91 Å². The maximum absolute atomic E-state index is 12.5. The van der Waals surface area contributed by atoms with Gasteiger partial charge in [0.05, 0.1) is 16.0 Å². The van der Waals surface area contributed by atoms with Crippen LogP contribution in [0.3, 0.4) is 0 Å². The number of rotatable bonds is 4. The number of nitrogens with zero attached hydrogens (tertiary/aromatic N) is 2. The van der Waals surface area contributed by atoms with Crippen LogP contribution in [0.1, 0.15) is 23.2 Å². The number of carbonyl (C=O) groups is 1. The summed E-state index contributed by atoms with van der Waals surface area (Å²) in [6.07, 6.45) is 3.18. The van der Waals surface area contributed by atoms with Gasteiger partial charge in [0.15, 0.2) is 0 Å². The van der Waals surface area contributed by atoms with Crippen LogP contribution in [0.25, 0.3) is 10.6 Å². The Morgan fingerprint density at radius 3 is 2.95 bits per heavy atom. The average molecular weight is 337 g/mol. The lowest BCUT2D eigenvalue weighted by Gasteiger charge is -2.31. The fraction of sp³-hybridized carbons (Fsp3) is 0.467. The topological polar surface area (TPSA) is 67.2 Å². The van der Waals surface area contributed by atoms with E-state index in [0.29, 0.717) is 17.8 Å². The lowest BCUT2D eigenvalue weighted by atomic mass is 9.97. The molecule has 2 aromatic rings. The van der Waals surface area contributed by atoms with Gasteiger partial charge in [-0.2, -0.15) is 16.9 Å². The normalized spacial score (nSPS) is 17.4. The monoisotopic (exact) mass is 337 g/mol. The summed E-state index contributed by atoms with van der Waals surface area (Å²) in [5, 5.41) is 19.7. The molecule has 3 rings (SSSR count). The highest BCUT2D eigenvalue weighted by Gasteiger charge is 2.30. The average Bonchev–Trinajstić information content (AvgIpc) is 3.14. The highest BCUT2D eigenvalue weighted by molar-refractivity contribution is 7.99. The Hall–Kier alpha value is -1.31. The van der Waals surface area contributed by atoms with Gasteiger partial charge >= 0.3 is 0 Å². The molecule has 0 radical (unpaired) electrons. The fourth-order valence-corrected chi connectivity index (χ4v) is 4.49. The van der Waals surface area contributed by atoms with E-state index in [9.17, 15) is 9.90 Å². The third-order valence-electron chi connectivity index (χ3n) is 3.83. The summed E-state index contributed by atoms with van der Waals surface area (Å²) in [7, 11) is 1.81. The molecule has 0 unspecified atom stereocenters. The molecular weight excluding hydrogens is 318 g/mol. The summed E-state index contributed by atoms with van der Waals surface area (Å²) < 4.78 is 1.65. The van der Waals surface area contributed by atoms with Crippen molar-refractivity contribution in [2.45, 2.75) is 18.4 Å². The number of amides is 1. The van der Waals surface area contributed by atoms with Crippen LogP contribution in [-0.2, 0) is 7.05 Å². The molecule has 22 heavy (non-hydrogen) atoms. The van der Waals surface area contributed by atoms with Crippen LogP contribution in [0.15, 0.2) is 23.7 Å². The summed E-state index contributed by atoms with van der Waals surface area (Å²) >= 11 is 3.41. The molecule has 0 aromatic carbocycles. The second-order valence-corrected chi connectivity index (χ2v) is 7.73. The van der Waals surface area contributed by atoms with Gasteiger partial charge in [-0.25, -0.2) is 0 Å². The van der Waals surface area contributed by atoms with Crippen LogP contribution in [0.5, 0.6) is 0 Å². The van der Waals surface area contributed by atoms with Crippen LogP contribution < -0.4 is 5.32 Å². The Morgan fingerprint density at radius 1 is 1.50 bits per heavy atom. The number of hydrogen-bond acceptors (Lipinski definition) is 5.